The maximum absolute atomic E-state index is 3.25. The summed E-state index contributed by atoms with van der Waals surface area (Å²) in [6.07, 6.45) is 14.2. The van der Waals surface area contributed by atoms with Gasteiger partial charge in [-0.25, -0.2) is 0 Å². The van der Waals surface area contributed by atoms with Gasteiger partial charge in [-0.15, -0.1) is 12.1 Å². The van der Waals surface area contributed by atoms with Crippen molar-refractivity contribution >= 4 is 0 Å². The first-order valence-electron chi connectivity index (χ1n) is 6.38. The van der Waals surface area contributed by atoms with E-state index in [1.807, 2.05) is 14.1 Å². The second-order valence-electron chi connectivity index (χ2n) is 4.48. The van der Waals surface area contributed by atoms with Gasteiger partial charge in [-0.3, -0.25) is 0 Å². The average molecular weight is 418 g/mol. The molecular formula is C15H32N2Y2-4. The van der Waals surface area contributed by atoms with E-state index >= 15 is 0 Å². The van der Waals surface area contributed by atoms with Crippen LogP contribution in [0.25, 0.3) is 0 Å². The summed E-state index contributed by atoms with van der Waals surface area (Å²) in [5.41, 5.74) is 0. The summed E-state index contributed by atoms with van der Waals surface area (Å²) in [5.74, 6) is 0. The van der Waals surface area contributed by atoms with E-state index in [-0.39, 0.29) is 80.3 Å². The first kappa shape index (κ1) is 29.2. The van der Waals surface area contributed by atoms with Gasteiger partial charge < -0.3 is 38.3 Å². The van der Waals surface area contributed by atoms with Gasteiger partial charge in [0.15, 0.2) is 0 Å². The van der Waals surface area contributed by atoms with Crippen LogP contribution in [0.3, 0.4) is 0 Å². The molecule has 0 spiro atoms. The Kier molecular flexibility index (Phi) is 30.9. The van der Waals surface area contributed by atoms with Crippen LogP contribution in [0.15, 0.2) is 0 Å². The van der Waals surface area contributed by atoms with Crippen molar-refractivity contribution in [2.75, 3.05) is 14.1 Å². The van der Waals surface area contributed by atoms with Gasteiger partial charge in [0.1, 0.15) is 0 Å². The van der Waals surface area contributed by atoms with Crippen LogP contribution in [-0.2, 0) is 65.4 Å². The molecule has 0 aromatic heterocycles. The SMILES string of the molecule is CNC1[CH-]CCC1.CNC1[CH-]CCCC1.[CH3-].[CH3-].[Y].[Y]. The van der Waals surface area contributed by atoms with Crippen molar-refractivity contribution in [1.29, 1.82) is 0 Å². The van der Waals surface area contributed by atoms with Crippen molar-refractivity contribution in [1.82, 2.24) is 10.6 Å². The van der Waals surface area contributed by atoms with Crippen molar-refractivity contribution in [2.45, 2.75) is 57.0 Å². The summed E-state index contributed by atoms with van der Waals surface area (Å²) < 4.78 is 0. The Bertz CT molecular complexity index is 145. The van der Waals surface area contributed by atoms with Gasteiger partial charge in [0.2, 0.25) is 0 Å². The smallest absolute Gasteiger partial charge is 0 e. The number of hydrogen-bond donors (Lipinski definition) is 2. The first-order valence-corrected chi connectivity index (χ1v) is 6.38. The van der Waals surface area contributed by atoms with Crippen LogP contribution in [0, 0.1) is 27.7 Å². The molecule has 0 bridgehead atoms. The van der Waals surface area contributed by atoms with Gasteiger partial charge in [-0.05, 0) is 14.1 Å². The fourth-order valence-corrected chi connectivity index (χ4v) is 2.24. The van der Waals surface area contributed by atoms with Gasteiger partial charge in [-0.1, -0.05) is 32.1 Å². The van der Waals surface area contributed by atoms with E-state index < -0.39 is 0 Å². The fourth-order valence-electron chi connectivity index (χ4n) is 2.24. The first-order chi connectivity index (χ1) is 7.36. The molecule has 2 radical (unpaired) electrons. The van der Waals surface area contributed by atoms with Crippen LogP contribution in [0.2, 0.25) is 0 Å². The molecule has 0 saturated heterocycles. The fraction of sp³-hybridized carbons (Fsp3) is 0.733. The van der Waals surface area contributed by atoms with Crippen molar-refractivity contribution in [3.8, 4) is 0 Å². The number of rotatable bonds is 2. The summed E-state index contributed by atoms with van der Waals surface area (Å²) in [5, 5.41) is 6.46. The maximum atomic E-state index is 3.25. The zero-order chi connectivity index (χ0) is 10.9. The zero-order valence-corrected chi connectivity index (χ0v) is 19.1. The molecule has 2 aliphatic rings. The van der Waals surface area contributed by atoms with Crippen molar-refractivity contribution < 1.29 is 65.4 Å². The molecule has 4 heteroatoms. The molecule has 0 aliphatic heterocycles. The molecule has 2 atom stereocenters. The molecule has 19 heavy (non-hydrogen) atoms. The molecule has 0 aromatic carbocycles. The molecule has 2 N–H and O–H groups in total. The average Bonchev–Trinajstić information content (AvgIpc) is 2.84. The third-order valence-electron chi connectivity index (χ3n) is 3.33. The predicted molar refractivity (Wildman–Crippen MR) is 79.4 cm³/mol. The molecule has 2 nitrogen and oxygen atoms in total. The summed E-state index contributed by atoms with van der Waals surface area (Å²) in [6, 6.07) is 1.43. The Labute approximate surface area is 173 Å². The topological polar surface area (TPSA) is 24.1 Å². The zero-order valence-electron chi connectivity index (χ0n) is 13.4. The molecule has 2 fully saturated rings. The van der Waals surface area contributed by atoms with Gasteiger partial charge in [0.25, 0.3) is 0 Å². The molecule has 2 saturated carbocycles. The van der Waals surface area contributed by atoms with E-state index in [4.69, 9.17) is 0 Å². The van der Waals surface area contributed by atoms with Crippen LogP contribution in [0.4, 0.5) is 0 Å². The molecule has 0 aromatic rings. The molecule has 0 heterocycles. The Morgan fingerprint density at radius 2 is 1.16 bits per heavy atom. The summed E-state index contributed by atoms with van der Waals surface area (Å²) >= 11 is 0. The summed E-state index contributed by atoms with van der Waals surface area (Å²) in [4.78, 5) is 0. The van der Waals surface area contributed by atoms with Crippen LogP contribution in [0.5, 0.6) is 0 Å². The predicted octanol–water partition coefficient (Wildman–Crippen LogP) is 3.21. The molecule has 112 valence electrons. The normalized spacial score (nSPS) is 24.3. The maximum Gasteiger partial charge on any atom is 0 e. The van der Waals surface area contributed by atoms with Crippen molar-refractivity contribution in [3.05, 3.63) is 27.7 Å². The Morgan fingerprint density at radius 1 is 0.737 bits per heavy atom. The quantitative estimate of drug-likeness (QED) is 0.674. The van der Waals surface area contributed by atoms with Gasteiger partial charge in [0, 0.05) is 65.4 Å². The standard InChI is InChI=1S/C7H14N.C6H12N.2CH3.2Y/c1-8-7-5-3-2-4-6-7;1-7-6-4-2-3-5-6;;;;/h5,7-8H,2-4,6H2,1H3;4,6-7H,2-3,5H2,1H3;2*1H3;;/q4*-1;;. The van der Waals surface area contributed by atoms with Gasteiger partial charge in [-0.2, -0.15) is 12.8 Å². The van der Waals surface area contributed by atoms with E-state index in [1.165, 1.54) is 44.9 Å². The van der Waals surface area contributed by atoms with E-state index in [0.29, 0.717) is 6.04 Å². The minimum atomic E-state index is 0. The van der Waals surface area contributed by atoms with Crippen molar-refractivity contribution in [2.24, 2.45) is 0 Å². The summed E-state index contributed by atoms with van der Waals surface area (Å²) in [6.45, 7) is 0. The Morgan fingerprint density at radius 3 is 1.37 bits per heavy atom. The Balaban J connectivity index is -0.0000000983. The minimum absolute atomic E-state index is 0. The van der Waals surface area contributed by atoms with E-state index in [1.54, 1.807) is 0 Å². The van der Waals surface area contributed by atoms with E-state index in [2.05, 4.69) is 23.5 Å². The monoisotopic (exact) mass is 418 g/mol. The van der Waals surface area contributed by atoms with E-state index in [0.717, 1.165) is 6.04 Å². The van der Waals surface area contributed by atoms with Crippen LogP contribution in [0.1, 0.15) is 44.9 Å². The van der Waals surface area contributed by atoms with Gasteiger partial charge >= 0.3 is 0 Å². The largest absolute Gasteiger partial charge is 0.358 e. The third-order valence-corrected chi connectivity index (χ3v) is 3.33. The van der Waals surface area contributed by atoms with Gasteiger partial charge in [0.05, 0.1) is 0 Å². The molecular weight excluding hydrogens is 386 g/mol. The molecule has 2 rings (SSSR count). The minimum Gasteiger partial charge on any atom is -0.358 e. The van der Waals surface area contributed by atoms with E-state index in [9.17, 15) is 0 Å². The number of nitrogens with one attached hydrogen (secondary N) is 2. The number of hydrogen-bond acceptors (Lipinski definition) is 2. The second-order valence-corrected chi connectivity index (χ2v) is 4.48. The second kappa shape index (κ2) is 20.1. The summed E-state index contributed by atoms with van der Waals surface area (Å²) in [7, 11) is 4.05. The van der Waals surface area contributed by atoms with Crippen LogP contribution >= 0.6 is 0 Å². The third kappa shape index (κ3) is 14.8. The molecule has 0 amide bonds. The van der Waals surface area contributed by atoms with Crippen LogP contribution in [-0.4, -0.2) is 26.2 Å². The van der Waals surface area contributed by atoms with Crippen LogP contribution < -0.4 is 10.6 Å². The Hall–Kier alpha value is 2.13. The molecule has 2 aliphatic carbocycles. The van der Waals surface area contributed by atoms with Crippen molar-refractivity contribution in [3.63, 3.8) is 0 Å². The molecule has 2 unspecified atom stereocenters.